The topological polar surface area (TPSA) is 37.3 Å². The largest absolute Gasteiger partial charge is 0.342 e. The van der Waals surface area contributed by atoms with Crippen LogP contribution in [-0.2, 0) is 6.54 Å². The summed E-state index contributed by atoms with van der Waals surface area (Å²) in [7, 11) is 0. The van der Waals surface area contributed by atoms with Gasteiger partial charge in [-0.3, -0.25) is 4.79 Å². The second kappa shape index (κ2) is 7.32. The highest BCUT2D eigenvalue weighted by Gasteiger charge is 2.26. The zero-order chi connectivity index (χ0) is 15.4. The van der Waals surface area contributed by atoms with Gasteiger partial charge >= 0.3 is 0 Å². The van der Waals surface area contributed by atoms with E-state index in [9.17, 15) is 4.79 Å². The molecule has 1 atom stereocenters. The lowest BCUT2D eigenvalue weighted by molar-refractivity contribution is 0.0661. The van der Waals surface area contributed by atoms with Crippen LogP contribution in [0.3, 0.4) is 0 Å². The van der Waals surface area contributed by atoms with Crippen LogP contribution in [0.2, 0.25) is 5.02 Å². The van der Waals surface area contributed by atoms with Crippen molar-refractivity contribution in [1.29, 1.82) is 0 Å². The molecule has 0 bridgehead atoms. The van der Waals surface area contributed by atoms with E-state index in [0.717, 1.165) is 32.6 Å². The van der Waals surface area contributed by atoms with Crippen molar-refractivity contribution in [1.82, 2.24) is 14.8 Å². The van der Waals surface area contributed by atoms with Gasteiger partial charge in [0.05, 0.1) is 5.02 Å². The SMILES string of the molecule is CCn1cc(Cl)cc1C(=O)N1CCCC(CNC(C)C)C1. The molecule has 0 aliphatic carbocycles. The predicted molar refractivity (Wildman–Crippen MR) is 86.9 cm³/mol. The van der Waals surface area contributed by atoms with Gasteiger partial charge in [-0.25, -0.2) is 0 Å². The summed E-state index contributed by atoms with van der Waals surface area (Å²) in [4.78, 5) is 14.7. The standard InChI is InChI=1S/C16H26ClN3O/c1-4-19-11-14(17)8-15(19)16(21)20-7-5-6-13(10-20)9-18-12(2)3/h8,11-13,18H,4-7,9-10H2,1-3H3. The first-order chi connectivity index (χ1) is 10.0. The molecule has 2 rings (SSSR count). The number of hydrogen-bond donors (Lipinski definition) is 1. The Morgan fingerprint density at radius 3 is 2.95 bits per heavy atom. The van der Waals surface area contributed by atoms with Crippen molar-refractivity contribution in [2.24, 2.45) is 5.92 Å². The summed E-state index contributed by atoms with van der Waals surface area (Å²) in [5, 5.41) is 4.11. The van der Waals surface area contributed by atoms with E-state index in [2.05, 4.69) is 19.2 Å². The molecule has 1 amide bonds. The second-order valence-electron chi connectivity index (χ2n) is 6.15. The molecule has 5 heteroatoms. The van der Waals surface area contributed by atoms with Crippen LogP contribution >= 0.6 is 11.6 Å². The number of amides is 1. The molecule has 2 heterocycles. The maximum atomic E-state index is 12.7. The van der Waals surface area contributed by atoms with Gasteiger partial charge in [-0.1, -0.05) is 25.4 Å². The van der Waals surface area contributed by atoms with Gasteiger partial charge in [0.15, 0.2) is 0 Å². The Bertz CT molecular complexity index is 484. The molecule has 0 spiro atoms. The van der Waals surface area contributed by atoms with Gasteiger partial charge in [0.25, 0.3) is 5.91 Å². The molecular formula is C16H26ClN3O. The van der Waals surface area contributed by atoms with E-state index in [1.54, 1.807) is 6.07 Å². The van der Waals surface area contributed by atoms with Crippen molar-refractivity contribution in [2.45, 2.75) is 46.2 Å². The Hall–Kier alpha value is -1.00. The summed E-state index contributed by atoms with van der Waals surface area (Å²) < 4.78 is 1.93. The summed E-state index contributed by atoms with van der Waals surface area (Å²) in [5.74, 6) is 0.656. The molecular weight excluding hydrogens is 286 g/mol. The number of aryl methyl sites for hydroxylation is 1. The first-order valence-corrected chi connectivity index (χ1v) is 8.27. The number of nitrogens with one attached hydrogen (secondary N) is 1. The number of hydrogen-bond acceptors (Lipinski definition) is 2. The minimum atomic E-state index is 0.109. The van der Waals surface area contributed by atoms with Crippen molar-refractivity contribution in [3.05, 3.63) is 23.0 Å². The third-order valence-corrected chi connectivity index (χ3v) is 4.25. The van der Waals surface area contributed by atoms with E-state index in [1.165, 1.54) is 6.42 Å². The van der Waals surface area contributed by atoms with Crippen molar-refractivity contribution in [2.75, 3.05) is 19.6 Å². The van der Waals surface area contributed by atoms with Crippen molar-refractivity contribution in [3.8, 4) is 0 Å². The fraction of sp³-hybridized carbons (Fsp3) is 0.688. The molecule has 1 saturated heterocycles. The van der Waals surface area contributed by atoms with E-state index in [1.807, 2.05) is 22.6 Å². The molecule has 1 unspecified atom stereocenters. The van der Waals surface area contributed by atoms with E-state index < -0.39 is 0 Å². The molecule has 4 nitrogen and oxygen atoms in total. The van der Waals surface area contributed by atoms with Crippen LogP contribution in [0.4, 0.5) is 0 Å². The number of carbonyl (C=O) groups is 1. The molecule has 1 fully saturated rings. The number of likely N-dealkylation sites (tertiary alicyclic amines) is 1. The Morgan fingerprint density at radius 1 is 1.52 bits per heavy atom. The van der Waals surface area contributed by atoms with Crippen LogP contribution in [0.1, 0.15) is 44.1 Å². The maximum Gasteiger partial charge on any atom is 0.270 e. The van der Waals surface area contributed by atoms with Crippen LogP contribution in [-0.4, -0.2) is 41.1 Å². The summed E-state index contributed by atoms with van der Waals surface area (Å²) in [5.41, 5.74) is 0.708. The van der Waals surface area contributed by atoms with Crippen LogP contribution in [0.15, 0.2) is 12.3 Å². The highest BCUT2D eigenvalue weighted by molar-refractivity contribution is 6.31. The van der Waals surface area contributed by atoms with Crippen LogP contribution < -0.4 is 5.32 Å². The summed E-state index contributed by atoms with van der Waals surface area (Å²) in [6, 6.07) is 2.27. The Kier molecular flexibility index (Phi) is 5.71. The van der Waals surface area contributed by atoms with Crippen molar-refractivity contribution >= 4 is 17.5 Å². The molecule has 118 valence electrons. The van der Waals surface area contributed by atoms with E-state index in [-0.39, 0.29) is 5.91 Å². The Labute approximate surface area is 132 Å². The van der Waals surface area contributed by atoms with Gasteiger partial charge in [0.1, 0.15) is 5.69 Å². The highest BCUT2D eigenvalue weighted by Crippen LogP contribution is 2.21. The lowest BCUT2D eigenvalue weighted by Gasteiger charge is -2.33. The van der Waals surface area contributed by atoms with Gasteiger partial charge < -0.3 is 14.8 Å². The normalized spacial score (nSPS) is 19.3. The second-order valence-corrected chi connectivity index (χ2v) is 6.59. The molecule has 1 aromatic rings. The number of aromatic nitrogens is 1. The molecule has 1 N–H and O–H groups in total. The molecule has 21 heavy (non-hydrogen) atoms. The van der Waals surface area contributed by atoms with Crippen molar-refractivity contribution < 1.29 is 4.79 Å². The Balaban J connectivity index is 2.01. The lowest BCUT2D eigenvalue weighted by atomic mass is 9.97. The molecule has 1 aromatic heterocycles. The van der Waals surface area contributed by atoms with Gasteiger partial charge in [-0.05, 0) is 38.3 Å². The van der Waals surface area contributed by atoms with E-state index in [4.69, 9.17) is 11.6 Å². The van der Waals surface area contributed by atoms with Gasteiger partial charge in [0.2, 0.25) is 0 Å². The molecule has 0 saturated carbocycles. The van der Waals surface area contributed by atoms with E-state index >= 15 is 0 Å². The summed E-state index contributed by atoms with van der Waals surface area (Å²) >= 11 is 6.04. The zero-order valence-electron chi connectivity index (χ0n) is 13.2. The van der Waals surface area contributed by atoms with E-state index in [0.29, 0.717) is 22.7 Å². The monoisotopic (exact) mass is 311 g/mol. The highest BCUT2D eigenvalue weighted by atomic mass is 35.5. The molecule has 0 aromatic carbocycles. The van der Waals surface area contributed by atoms with Crippen LogP contribution in [0.25, 0.3) is 0 Å². The average Bonchev–Trinajstić information content (AvgIpc) is 2.85. The van der Waals surface area contributed by atoms with Crippen LogP contribution in [0, 0.1) is 5.92 Å². The number of nitrogens with zero attached hydrogens (tertiary/aromatic N) is 2. The Morgan fingerprint density at radius 2 is 2.29 bits per heavy atom. The van der Waals surface area contributed by atoms with Gasteiger partial charge in [-0.15, -0.1) is 0 Å². The fourth-order valence-corrected chi connectivity index (χ4v) is 3.12. The van der Waals surface area contributed by atoms with Crippen molar-refractivity contribution in [3.63, 3.8) is 0 Å². The molecule has 1 aliphatic rings. The van der Waals surface area contributed by atoms with Gasteiger partial charge in [0, 0.05) is 31.9 Å². The number of carbonyl (C=O) groups excluding carboxylic acids is 1. The minimum Gasteiger partial charge on any atom is -0.342 e. The minimum absolute atomic E-state index is 0.109. The lowest BCUT2D eigenvalue weighted by Crippen LogP contribution is -2.44. The maximum absolute atomic E-state index is 12.7. The number of halogens is 1. The first-order valence-electron chi connectivity index (χ1n) is 7.89. The summed E-state index contributed by atoms with van der Waals surface area (Å²) in [6.07, 6.45) is 4.10. The first kappa shape index (κ1) is 16.4. The number of piperidine rings is 1. The third-order valence-electron chi connectivity index (χ3n) is 4.04. The average molecular weight is 312 g/mol. The quantitative estimate of drug-likeness (QED) is 0.907. The third kappa shape index (κ3) is 4.24. The molecule has 1 aliphatic heterocycles. The molecule has 0 radical (unpaired) electrons. The number of rotatable bonds is 5. The van der Waals surface area contributed by atoms with Crippen LogP contribution in [0.5, 0.6) is 0 Å². The summed E-state index contributed by atoms with van der Waals surface area (Å²) in [6.45, 7) is 9.77. The van der Waals surface area contributed by atoms with Gasteiger partial charge in [-0.2, -0.15) is 0 Å². The zero-order valence-corrected chi connectivity index (χ0v) is 14.0. The fourth-order valence-electron chi connectivity index (χ4n) is 2.90. The smallest absolute Gasteiger partial charge is 0.270 e. The predicted octanol–water partition coefficient (Wildman–Crippen LogP) is 3.01.